The number of H-pyrrole nitrogens is 1. The Bertz CT molecular complexity index is 662. The highest BCUT2D eigenvalue weighted by Gasteiger charge is 2.15. The molecule has 0 aliphatic carbocycles. The lowest BCUT2D eigenvalue weighted by molar-refractivity contribution is -0.135. The Morgan fingerprint density at radius 2 is 2.05 bits per heavy atom. The Balaban J connectivity index is 2.38. The second-order valence-electron chi connectivity index (χ2n) is 4.02. The van der Waals surface area contributed by atoms with Crippen molar-refractivity contribution in [1.29, 1.82) is 0 Å². The van der Waals surface area contributed by atoms with Crippen molar-refractivity contribution in [3.63, 3.8) is 0 Å². The van der Waals surface area contributed by atoms with Crippen LogP contribution in [0.2, 0.25) is 0 Å². The maximum Gasteiger partial charge on any atom is 0.322 e. The summed E-state index contributed by atoms with van der Waals surface area (Å²) in [6.45, 7) is -0.436. The van der Waals surface area contributed by atoms with Crippen molar-refractivity contribution in [2.45, 2.75) is 0 Å². The van der Waals surface area contributed by atoms with Gasteiger partial charge in [-0.2, -0.15) is 0 Å². The summed E-state index contributed by atoms with van der Waals surface area (Å²) in [5.74, 6) is -0.534. The molecule has 2 rings (SSSR count). The van der Waals surface area contributed by atoms with Crippen molar-refractivity contribution < 1.29 is 24.2 Å². The molecule has 7 nitrogen and oxygen atoms in total. The largest absolute Gasteiger partial charge is 0.493 e. The minimum Gasteiger partial charge on any atom is -0.493 e. The van der Waals surface area contributed by atoms with Gasteiger partial charge in [-0.15, -0.1) is 0 Å². The standard InChI is InChI=1S/C13H14N2O5/c1-19-10-4-3-8-7(12(10)20-2)5-9(15-8)13(18)14-6-11(16)17/h3-5,15H,6H2,1-2H3,(H,14,18)(H,16,17). The zero-order valence-electron chi connectivity index (χ0n) is 11.0. The number of rotatable bonds is 5. The van der Waals surface area contributed by atoms with Crippen LogP contribution in [0.3, 0.4) is 0 Å². The van der Waals surface area contributed by atoms with Crippen LogP contribution in [0.25, 0.3) is 10.9 Å². The van der Waals surface area contributed by atoms with Crippen molar-refractivity contribution in [2.75, 3.05) is 20.8 Å². The van der Waals surface area contributed by atoms with E-state index in [-0.39, 0.29) is 5.69 Å². The van der Waals surface area contributed by atoms with Crippen LogP contribution in [0.1, 0.15) is 10.5 Å². The van der Waals surface area contributed by atoms with Crippen LogP contribution in [0.5, 0.6) is 11.5 Å². The summed E-state index contributed by atoms with van der Waals surface area (Å²) in [5.41, 5.74) is 0.955. The molecule has 0 fully saturated rings. The highest BCUT2D eigenvalue weighted by molar-refractivity contribution is 6.01. The van der Waals surface area contributed by atoms with Gasteiger partial charge in [0.05, 0.1) is 19.7 Å². The van der Waals surface area contributed by atoms with Gasteiger partial charge in [-0.3, -0.25) is 9.59 Å². The van der Waals surface area contributed by atoms with Gasteiger partial charge in [0.15, 0.2) is 11.5 Å². The lowest BCUT2D eigenvalue weighted by Crippen LogP contribution is -2.29. The minimum absolute atomic E-state index is 0.257. The lowest BCUT2D eigenvalue weighted by Gasteiger charge is -2.07. The number of aromatic nitrogens is 1. The van der Waals surface area contributed by atoms with Gasteiger partial charge in [-0.1, -0.05) is 0 Å². The second kappa shape index (κ2) is 5.52. The fourth-order valence-corrected chi connectivity index (χ4v) is 1.90. The molecule has 1 aromatic heterocycles. The van der Waals surface area contributed by atoms with Crippen LogP contribution in [-0.2, 0) is 4.79 Å². The summed E-state index contributed by atoms with van der Waals surface area (Å²) >= 11 is 0. The number of methoxy groups -OCH3 is 2. The van der Waals surface area contributed by atoms with Crippen LogP contribution in [0.4, 0.5) is 0 Å². The monoisotopic (exact) mass is 278 g/mol. The summed E-state index contributed by atoms with van der Waals surface area (Å²) in [6, 6.07) is 5.06. The molecular weight excluding hydrogens is 264 g/mol. The molecule has 0 aliphatic heterocycles. The summed E-state index contributed by atoms with van der Waals surface area (Å²) in [7, 11) is 3.03. The predicted octanol–water partition coefficient (Wildman–Crippen LogP) is 0.999. The third-order valence-electron chi connectivity index (χ3n) is 2.79. The molecule has 0 aliphatic rings. The molecule has 20 heavy (non-hydrogen) atoms. The molecule has 0 radical (unpaired) electrons. The first-order chi connectivity index (χ1) is 9.56. The number of carboxylic acid groups (broad SMARTS) is 1. The number of amides is 1. The summed E-state index contributed by atoms with van der Waals surface area (Å²) < 4.78 is 10.4. The highest BCUT2D eigenvalue weighted by Crippen LogP contribution is 2.35. The van der Waals surface area contributed by atoms with Crippen LogP contribution < -0.4 is 14.8 Å². The van der Waals surface area contributed by atoms with Crippen molar-refractivity contribution in [1.82, 2.24) is 10.3 Å². The molecule has 2 aromatic rings. The number of ether oxygens (including phenoxy) is 2. The van der Waals surface area contributed by atoms with Crippen LogP contribution in [0.15, 0.2) is 18.2 Å². The molecule has 0 bridgehead atoms. The Morgan fingerprint density at radius 1 is 1.30 bits per heavy atom. The van der Waals surface area contributed by atoms with E-state index in [0.717, 1.165) is 0 Å². The molecule has 0 saturated carbocycles. The molecular formula is C13H14N2O5. The molecule has 1 heterocycles. The van der Waals surface area contributed by atoms with Crippen molar-refractivity contribution in [2.24, 2.45) is 0 Å². The number of fused-ring (bicyclic) bond motifs is 1. The Labute approximate surface area is 114 Å². The molecule has 1 aromatic carbocycles. The van der Waals surface area contributed by atoms with Crippen LogP contribution >= 0.6 is 0 Å². The molecule has 3 N–H and O–H groups in total. The predicted molar refractivity (Wildman–Crippen MR) is 71.4 cm³/mol. The molecule has 7 heteroatoms. The number of hydrogen-bond donors (Lipinski definition) is 3. The lowest BCUT2D eigenvalue weighted by atomic mass is 10.2. The summed E-state index contributed by atoms with van der Waals surface area (Å²) in [6.07, 6.45) is 0. The van der Waals surface area contributed by atoms with Gasteiger partial charge >= 0.3 is 5.97 Å². The van der Waals surface area contributed by atoms with E-state index in [0.29, 0.717) is 22.4 Å². The number of carboxylic acids is 1. The number of hydrogen-bond acceptors (Lipinski definition) is 4. The average Bonchev–Trinajstić information content (AvgIpc) is 2.87. The van der Waals surface area contributed by atoms with E-state index < -0.39 is 18.4 Å². The fraction of sp³-hybridized carbons (Fsp3) is 0.231. The van der Waals surface area contributed by atoms with Crippen LogP contribution in [-0.4, -0.2) is 42.7 Å². The zero-order valence-corrected chi connectivity index (χ0v) is 11.0. The second-order valence-corrected chi connectivity index (χ2v) is 4.02. The maximum absolute atomic E-state index is 11.8. The topological polar surface area (TPSA) is 101 Å². The van der Waals surface area contributed by atoms with E-state index in [1.165, 1.54) is 14.2 Å². The molecule has 0 unspecified atom stereocenters. The van der Waals surface area contributed by atoms with Gasteiger partial charge in [0.2, 0.25) is 0 Å². The average molecular weight is 278 g/mol. The smallest absolute Gasteiger partial charge is 0.322 e. The van der Waals surface area contributed by atoms with Gasteiger partial charge in [-0.05, 0) is 18.2 Å². The van der Waals surface area contributed by atoms with Gasteiger partial charge in [-0.25, -0.2) is 0 Å². The quantitative estimate of drug-likeness (QED) is 0.757. The summed E-state index contributed by atoms with van der Waals surface area (Å²) in [4.78, 5) is 25.1. The number of aliphatic carboxylic acids is 1. The maximum atomic E-state index is 11.8. The molecule has 0 atom stereocenters. The highest BCUT2D eigenvalue weighted by atomic mass is 16.5. The normalized spacial score (nSPS) is 10.3. The Kier molecular flexibility index (Phi) is 3.79. The van der Waals surface area contributed by atoms with Gasteiger partial charge < -0.3 is 24.9 Å². The van der Waals surface area contributed by atoms with Crippen molar-refractivity contribution >= 4 is 22.8 Å². The number of carbonyl (C=O) groups excluding carboxylic acids is 1. The molecule has 0 saturated heterocycles. The molecule has 1 amide bonds. The number of benzene rings is 1. The van der Waals surface area contributed by atoms with Crippen LogP contribution in [0, 0.1) is 0 Å². The van der Waals surface area contributed by atoms with Gasteiger partial charge in [0.25, 0.3) is 5.91 Å². The summed E-state index contributed by atoms with van der Waals surface area (Å²) in [5, 5.41) is 11.5. The molecule has 106 valence electrons. The minimum atomic E-state index is -1.10. The third-order valence-corrected chi connectivity index (χ3v) is 2.79. The Hall–Kier alpha value is -2.70. The van der Waals surface area contributed by atoms with E-state index >= 15 is 0 Å². The Morgan fingerprint density at radius 3 is 2.65 bits per heavy atom. The van der Waals surface area contributed by atoms with Crippen molar-refractivity contribution in [3.8, 4) is 11.5 Å². The van der Waals surface area contributed by atoms with Gasteiger partial charge in [0.1, 0.15) is 12.2 Å². The number of aromatic amines is 1. The number of nitrogens with one attached hydrogen (secondary N) is 2. The first-order valence-corrected chi connectivity index (χ1v) is 5.80. The van der Waals surface area contributed by atoms with E-state index in [2.05, 4.69) is 10.3 Å². The first-order valence-electron chi connectivity index (χ1n) is 5.80. The van der Waals surface area contributed by atoms with E-state index in [4.69, 9.17) is 14.6 Å². The van der Waals surface area contributed by atoms with Crippen molar-refractivity contribution in [3.05, 3.63) is 23.9 Å². The third kappa shape index (κ3) is 2.51. The molecule has 0 spiro atoms. The SMILES string of the molecule is COc1ccc2[nH]c(C(=O)NCC(=O)O)cc2c1OC. The first kappa shape index (κ1) is 13.7. The van der Waals surface area contributed by atoms with E-state index in [1.54, 1.807) is 18.2 Å². The van der Waals surface area contributed by atoms with E-state index in [1.807, 2.05) is 0 Å². The van der Waals surface area contributed by atoms with E-state index in [9.17, 15) is 9.59 Å². The zero-order chi connectivity index (χ0) is 14.7. The van der Waals surface area contributed by atoms with Gasteiger partial charge in [0, 0.05) is 5.39 Å². The fourth-order valence-electron chi connectivity index (χ4n) is 1.90. The number of carbonyl (C=O) groups is 2.